The lowest BCUT2D eigenvalue weighted by Gasteiger charge is -2.40. The Labute approximate surface area is 335 Å². The molecule has 4 aliphatic rings. The van der Waals surface area contributed by atoms with Gasteiger partial charge < -0.3 is 20.1 Å². The SMILES string of the molecule is CNc1ccccc1C1=C/C(=C2\C(C#N)=C(N(C)C)N(C3=CCC=C([N+](=O)[O-])C=C3)c3c2[nH]c2c3CC=C/C=C\C2)C(C#N)=C(N(C)C)N1c1ccc([N+](=O)[O-])cc1. The fourth-order valence-corrected chi connectivity index (χ4v) is 7.80. The third-order valence-corrected chi connectivity index (χ3v) is 10.3. The molecule has 58 heavy (non-hydrogen) atoms. The van der Waals surface area contributed by atoms with Crippen molar-refractivity contribution >= 4 is 34.0 Å². The van der Waals surface area contributed by atoms with Crippen LogP contribution >= 0.6 is 0 Å². The standard InChI is InChI=1S/C44H40N10O4/c1-47-37-17-11-10-15-32(37)39-25-34(35(26-45)43(49(2)3)51(39)29-20-23-31(24-21-29)54(57)58)40-36(27-46)44(50(4)5)52(28-13-12-14-30(22-19-28)53(55)56)42-33-16-8-6-7-9-18-38(33)48-41(40)42/h6-11,13-15,17,19-25,47-48H,12,16,18H2,1-5H3/b8-6?,9-7-,40-34-. The first-order valence-electron chi connectivity index (χ1n) is 18.5. The molecule has 2 aliphatic heterocycles. The molecule has 2 aromatic carbocycles. The fourth-order valence-electron chi connectivity index (χ4n) is 7.80. The Morgan fingerprint density at radius 2 is 1.50 bits per heavy atom. The Balaban J connectivity index is 1.63. The van der Waals surface area contributed by atoms with Gasteiger partial charge in [-0.3, -0.25) is 30.0 Å². The molecule has 1 aromatic heterocycles. The molecule has 14 nitrogen and oxygen atoms in total. The number of rotatable bonds is 8. The van der Waals surface area contributed by atoms with Gasteiger partial charge in [0.15, 0.2) is 0 Å². The highest BCUT2D eigenvalue weighted by atomic mass is 16.6. The first-order chi connectivity index (χ1) is 28.0. The number of allylic oxidation sites excluding steroid dienone is 13. The van der Waals surface area contributed by atoms with E-state index in [0.717, 1.165) is 28.2 Å². The van der Waals surface area contributed by atoms with Crippen molar-refractivity contribution in [2.24, 2.45) is 0 Å². The number of H-pyrrole nitrogens is 1. The molecule has 0 spiro atoms. The lowest BCUT2D eigenvalue weighted by Crippen LogP contribution is -2.36. The maximum atomic E-state index is 11.8. The number of aromatic amines is 1. The minimum absolute atomic E-state index is 0.0288. The van der Waals surface area contributed by atoms with Gasteiger partial charge in [-0.15, -0.1) is 0 Å². The molecule has 2 aliphatic carbocycles. The summed E-state index contributed by atoms with van der Waals surface area (Å²) < 4.78 is 0. The molecular formula is C44H40N10O4. The molecule has 14 heteroatoms. The minimum Gasteiger partial charge on any atom is -0.388 e. The third kappa shape index (κ3) is 6.62. The van der Waals surface area contributed by atoms with Crippen molar-refractivity contribution in [3.05, 3.63) is 186 Å². The number of anilines is 3. The van der Waals surface area contributed by atoms with E-state index in [1.807, 2.05) is 103 Å². The molecule has 0 amide bonds. The van der Waals surface area contributed by atoms with Crippen molar-refractivity contribution in [3.63, 3.8) is 0 Å². The zero-order valence-electron chi connectivity index (χ0n) is 32.6. The summed E-state index contributed by atoms with van der Waals surface area (Å²) in [5, 5.41) is 49.4. The maximum absolute atomic E-state index is 11.8. The Hall–Kier alpha value is -7.84. The normalized spacial score (nSPS) is 18.0. The van der Waals surface area contributed by atoms with Crippen molar-refractivity contribution in [2.45, 2.75) is 19.3 Å². The smallest absolute Gasteiger partial charge is 0.269 e. The van der Waals surface area contributed by atoms with E-state index < -0.39 is 9.85 Å². The van der Waals surface area contributed by atoms with Crippen LogP contribution in [0.3, 0.4) is 0 Å². The van der Waals surface area contributed by atoms with Gasteiger partial charge >= 0.3 is 0 Å². The number of fused-ring (bicyclic) bond motifs is 3. The second-order valence-corrected chi connectivity index (χ2v) is 14.1. The van der Waals surface area contributed by atoms with Gasteiger partial charge in [-0.05, 0) is 49.3 Å². The number of nitriles is 2. The number of benzene rings is 2. The summed E-state index contributed by atoms with van der Waals surface area (Å²) in [7, 11) is 9.18. The number of nitro benzene ring substituents is 1. The van der Waals surface area contributed by atoms with E-state index in [4.69, 9.17) is 0 Å². The summed E-state index contributed by atoms with van der Waals surface area (Å²) in [6.45, 7) is 0. The van der Waals surface area contributed by atoms with Crippen molar-refractivity contribution in [1.82, 2.24) is 14.8 Å². The van der Waals surface area contributed by atoms with Gasteiger partial charge in [0, 0.05) is 105 Å². The van der Waals surface area contributed by atoms with Crippen LogP contribution in [0.1, 0.15) is 28.9 Å². The van der Waals surface area contributed by atoms with Gasteiger partial charge in [-0.2, -0.15) is 10.5 Å². The first kappa shape index (κ1) is 38.4. The molecule has 0 bridgehead atoms. The average Bonchev–Trinajstić information content (AvgIpc) is 3.36. The predicted molar refractivity (Wildman–Crippen MR) is 225 cm³/mol. The Bertz CT molecular complexity index is 2610. The number of nitrogens with zero attached hydrogens (tertiary/aromatic N) is 8. The number of nitrogens with one attached hydrogen (secondary N) is 2. The van der Waals surface area contributed by atoms with Crippen LogP contribution in [0, 0.1) is 42.9 Å². The number of hydrogen-bond donors (Lipinski definition) is 2. The van der Waals surface area contributed by atoms with Crippen LogP contribution in [0.2, 0.25) is 0 Å². The summed E-state index contributed by atoms with van der Waals surface area (Å²) in [6, 6.07) is 18.9. The van der Waals surface area contributed by atoms with E-state index in [0.29, 0.717) is 64.8 Å². The molecule has 0 saturated heterocycles. The van der Waals surface area contributed by atoms with Crippen LogP contribution < -0.4 is 15.1 Å². The van der Waals surface area contributed by atoms with Crippen LogP contribution in [-0.2, 0) is 12.8 Å². The highest BCUT2D eigenvalue weighted by Gasteiger charge is 2.41. The lowest BCUT2D eigenvalue weighted by atomic mass is 9.85. The van der Waals surface area contributed by atoms with Gasteiger partial charge in [0.25, 0.3) is 11.4 Å². The Morgan fingerprint density at radius 1 is 0.828 bits per heavy atom. The lowest BCUT2D eigenvalue weighted by molar-refractivity contribution is -0.419. The second-order valence-electron chi connectivity index (χ2n) is 14.1. The average molecular weight is 773 g/mol. The quantitative estimate of drug-likeness (QED) is 0.168. The van der Waals surface area contributed by atoms with Crippen molar-refractivity contribution in [1.29, 1.82) is 10.5 Å². The second kappa shape index (κ2) is 15.7. The molecule has 290 valence electrons. The van der Waals surface area contributed by atoms with Crippen LogP contribution in [0.4, 0.5) is 22.7 Å². The van der Waals surface area contributed by atoms with E-state index >= 15 is 0 Å². The predicted octanol–water partition coefficient (Wildman–Crippen LogP) is 7.91. The Morgan fingerprint density at radius 3 is 2.14 bits per heavy atom. The van der Waals surface area contributed by atoms with Crippen molar-refractivity contribution in [3.8, 4) is 12.1 Å². The maximum Gasteiger partial charge on any atom is 0.269 e. The monoisotopic (exact) mass is 772 g/mol. The van der Waals surface area contributed by atoms with Gasteiger partial charge in [0.2, 0.25) is 0 Å². The third-order valence-electron chi connectivity index (χ3n) is 10.3. The van der Waals surface area contributed by atoms with Crippen LogP contribution in [-0.4, -0.2) is 59.9 Å². The van der Waals surface area contributed by atoms with E-state index in [-0.39, 0.29) is 22.5 Å². The molecule has 7 rings (SSSR count). The highest BCUT2D eigenvalue weighted by Crippen LogP contribution is 2.51. The zero-order chi connectivity index (χ0) is 41.2. The van der Waals surface area contributed by atoms with Crippen LogP contribution in [0.5, 0.6) is 0 Å². The highest BCUT2D eigenvalue weighted by molar-refractivity contribution is 6.03. The number of hydrogen-bond acceptors (Lipinski definition) is 11. The van der Waals surface area contributed by atoms with Gasteiger partial charge in [-0.1, -0.05) is 48.6 Å². The van der Waals surface area contributed by atoms with E-state index in [9.17, 15) is 30.8 Å². The summed E-state index contributed by atoms with van der Waals surface area (Å²) in [5.41, 5.74) is 8.21. The van der Waals surface area contributed by atoms with Crippen molar-refractivity contribution in [2.75, 3.05) is 50.4 Å². The van der Waals surface area contributed by atoms with Crippen molar-refractivity contribution < 1.29 is 9.85 Å². The summed E-state index contributed by atoms with van der Waals surface area (Å²) in [6.07, 6.45) is 18.1. The zero-order valence-corrected chi connectivity index (χ0v) is 32.6. The number of para-hydroxylation sites is 1. The largest absolute Gasteiger partial charge is 0.388 e. The summed E-state index contributed by atoms with van der Waals surface area (Å²) in [5.74, 6) is 1.01. The molecule has 0 unspecified atom stereocenters. The van der Waals surface area contributed by atoms with Crippen LogP contribution in [0.25, 0.3) is 11.3 Å². The number of nitro groups is 2. The van der Waals surface area contributed by atoms with Gasteiger partial charge in [-0.25, -0.2) is 0 Å². The molecule has 0 atom stereocenters. The molecular weight excluding hydrogens is 733 g/mol. The minimum atomic E-state index is -0.453. The molecule has 3 heterocycles. The summed E-state index contributed by atoms with van der Waals surface area (Å²) in [4.78, 5) is 34.0. The van der Waals surface area contributed by atoms with E-state index in [1.165, 1.54) is 18.2 Å². The van der Waals surface area contributed by atoms with E-state index in [1.54, 1.807) is 24.3 Å². The van der Waals surface area contributed by atoms with Gasteiger partial charge in [0.1, 0.15) is 34.9 Å². The summed E-state index contributed by atoms with van der Waals surface area (Å²) >= 11 is 0. The van der Waals surface area contributed by atoms with E-state index in [2.05, 4.69) is 34.6 Å². The molecule has 2 N–H and O–H groups in total. The first-order valence-corrected chi connectivity index (χ1v) is 18.5. The molecule has 3 aromatic rings. The Kier molecular flexibility index (Phi) is 10.4. The van der Waals surface area contributed by atoms with Crippen LogP contribution in [0.15, 0.2) is 143 Å². The molecule has 0 saturated carbocycles. The fraction of sp³-hybridized carbons (Fsp3) is 0.182. The topological polar surface area (TPSA) is 175 Å². The molecule has 0 radical (unpaired) electrons. The number of non-ortho nitro benzene ring substituents is 1. The number of aromatic nitrogens is 1. The van der Waals surface area contributed by atoms with Gasteiger partial charge in [0.05, 0.1) is 26.9 Å². The molecule has 0 fully saturated rings.